The van der Waals surface area contributed by atoms with Crippen LogP contribution in [-0.2, 0) is 9.32 Å². The van der Waals surface area contributed by atoms with Crippen LogP contribution in [0.2, 0.25) is 0 Å². The van der Waals surface area contributed by atoms with Gasteiger partial charge in [0.2, 0.25) is 0 Å². The third-order valence-corrected chi connectivity index (χ3v) is 7.17. The second kappa shape index (κ2) is 5.61. The van der Waals surface area contributed by atoms with Gasteiger partial charge in [-0.1, -0.05) is 0 Å². The van der Waals surface area contributed by atoms with Gasteiger partial charge in [0.15, 0.2) is 0 Å². The van der Waals surface area contributed by atoms with Crippen molar-refractivity contribution in [3.8, 4) is 17.2 Å². The molecule has 2 aliphatic rings. The topological polar surface area (TPSA) is 66.0 Å². The fourth-order valence-electron chi connectivity index (χ4n) is 2.91. The number of hydrogen-bond donors (Lipinski definition) is 1. The van der Waals surface area contributed by atoms with Crippen molar-refractivity contribution in [2.45, 2.75) is 26.3 Å². The van der Waals surface area contributed by atoms with E-state index in [-0.39, 0.29) is 5.92 Å². The van der Waals surface area contributed by atoms with Gasteiger partial charge in [-0.15, -0.1) is 0 Å². The molecule has 2 aromatic rings. The van der Waals surface area contributed by atoms with Gasteiger partial charge < -0.3 is 0 Å². The Hall–Kier alpha value is -2.30. The number of benzene rings is 2. The molecule has 2 unspecified atom stereocenters. The SMILES string of the molecule is CCC(C)C1NP2(Oc3ccccc3)(OC1=O)Oc1ccccc1O2. The predicted octanol–water partition coefficient (Wildman–Crippen LogP) is 4.23. The zero-order valence-electron chi connectivity index (χ0n) is 14.0. The van der Waals surface area contributed by atoms with Gasteiger partial charge in [-0.05, 0) is 0 Å². The van der Waals surface area contributed by atoms with Crippen LogP contribution in [0.1, 0.15) is 20.3 Å². The minimum absolute atomic E-state index is 0.0456. The summed E-state index contributed by atoms with van der Waals surface area (Å²) >= 11 is 0. The molecule has 6 nitrogen and oxygen atoms in total. The molecule has 0 amide bonds. The fraction of sp³-hybridized carbons (Fsp3) is 0.278. The molecule has 2 atom stereocenters. The Bertz CT molecular complexity index is 787. The molecule has 1 fully saturated rings. The molecule has 2 aliphatic heterocycles. The summed E-state index contributed by atoms with van der Waals surface area (Å²) in [4.78, 5) is 12.6. The van der Waals surface area contributed by atoms with E-state index in [9.17, 15) is 4.79 Å². The number of para-hydroxylation sites is 3. The quantitative estimate of drug-likeness (QED) is 0.823. The number of carbonyl (C=O) groups is 1. The van der Waals surface area contributed by atoms with Crippen LogP contribution < -0.4 is 18.7 Å². The van der Waals surface area contributed by atoms with Crippen molar-refractivity contribution in [2.75, 3.05) is 0 Å². The molecule has 1 N–H and O–H groups in total. The van der Waals surface area contributed by atoms with Gasteiger partial charge in [-0.2, -0.15) is 0 Å². The molecule has 7 heteroatoms. The van der Waals surface area contributed by atoms with Crippen LogP contribution in [0.25, 0.3) is 0 Å². The van der Waals surface area contributed by atoms with E-state index in [0.717, 1.165) is 6.42 Å². The van der Waals surface area contributed by atoms with Crippen LogP contribution in [0, 0.1) is 5.92 Å². The maximum absolute atomic E-state index is 12.6. The number of nitrogens with one attached hydrogen (secondary N) is 1. The molecule has 0 aliphatic carbocycles. The summed E-state index contributed by atoms with van der Waals surface area (Å²) in [5.74, 6) is 1.10. The van der Waals surface area contributed by atoms with Crippen LogP contribution in [-0.4, -0.2) is 12.0 Å². The minimum atomic E-state index is -4.37. The number of fused-ring (bicyclic) bond motifs is 1. The van der Waals surface area contributed by atoms with E-state index in [2.05, 4.69) is 5.09 Å². The van der Waals surface area contributed by atoms with Crippen molar-refractivity contribution in [1.82, 2.24) is 5.09 Å². The van der Waals surface area contributed by atoms with Crippen LogP contribution in [0.15, 0.2) is 54.6 Å². The van der Waals surface area contributed by atoms with Crippen molar-refractivity contribution in [3.63, 3.8) is 0 Å². The van der Waals surface area contributed by atoms with Crippen LogP contribution >= 0.6 is 7.66 Å². The Morgan fingerprint density at radius 2 is 1.64 bits per heavy atom. The van der Waals surface area contributed by atoms with Gasteiger partial charge in [0.1, 0.15) is 0 Å². The summed E-state index contributed by atoms with van der Waals surface area (Å²) in [5, 5.41) is 3.17. The Labute approximate surface area is 146 Å². The van der Waals surface area contributed by atoms with E-state index in [4.69, 9.17) is 18.1 Å². The Morgan fingerprint density at radius 3 is 2.24 bits per heavy atom. The first kappa shape index (κ1) is 16.2. The van der Waals surface area contributed by atoms with Gasteiger partial charge >= 0.3 is 146 Å². The Balaban J connectivity index is 1.77. The Kier molecular flexibility index (Phi) is 3.63. The molecule has 2 heterocycles. The van der Waals surface area contributed by atoms with Gasteiger partial charge in [-0.3, -0.25) is 0 Å². The molecule has 2 aromatic carbocycles. The van der Waals surface area contributed by atoms with Crippen molar-refractivity contribution in [2.24, 2.45) is 5.92 Å². The average molecular weight is 361 g/mol. The molecule has 1 saturated heterocycles. The summed E-state index contributed by atoms with van der Waals surface area (Å²) in [5.41, 5.74) is 0. The first-order valence-corrected chi connectivity index (χ1v) is 10.2. The van der Waals surface area contributed by atoms with Gasteiger partial charge in [0.05, 0.1) is 0 Å². The second-order valence-electron chi connectivity index (χ2n) is 6.25. The number of carbonyl (C=O) groups excluding carboxylic acids is 1. The van der Waals surface area contributed by atoms with Crippen molar-refractivity contribution >= 4 is 13.6 Å². The van der Waals surface area contributed by atoms with Crippen molar-refractivity contribution in [1.29, 1.82) is 0 Å². The predicted molar refractivity (Wildman–Crippen MR) is 94.2 cm³/mol. The first-order chi connectivity index (χ1) is 12.0. The van der Waals surface area contributed by atoms with E-state index in [1.54, 1.807) is 24.3 Å². The Morgan fingerprint density at radius 1 is 1.04 bits per heavy atom. The monoisotopic (exact) mass is 361 g/mol. The van der Waals surface area contributed by atoms with Gasteiger partial charge in [-0.25, -0.2) is 0 Å². The summed E-state index contributed by atoms with van der Waals surface area (Å²) in [7, 11) is -4.37. The van der Waals surface area contributed by atoms with E-state index >= 15 is 0 Å². The standard InChI is InChI=1S/C18H20NO5P/c1-3-13(2)17-18(20)24-25(19-17,21-14-9-5-4-6-10-14)22-15-11-7-8-12-16(15)23-25/h4-13,17,19H,3H2,1-2H3. The van der Waals surface area contributed by atoms with E-state index in [0.29, 0.717) is 17.2 Å². The van der Waals surface area contributed by atoms with Gasteiger partial charge in [0.25, 0.3) is 0 Å². The van der Waals surface area contributed by atoms with Crippen molar-refractivity contribution in [3.05, 3.63) is 54.6 Å². The van der Waals surface area contributed by atoms with Crippen LogP contribution in [0.4, 0.5) is 0 Å². The zero-order valence-corrected chi connectivity index (χ0v) is 14.9. The van der Waals surface area contributed by atoms with E-state index in [1.165, 1.54) is 0 Å². The molecule has 132 valence electrons. The average Bonchev–Trinajstić information content (AvgIpc) is 3.08. The molecular formula is C18H20NO5P. The normalized spacial score (nSPS) is 25.0. The maximum atomic E-state index is 12.6. The summed E-state index contributed by atoms with van der Waals surface area (Å²) < 4.78 is 24.0. The molecular weight excluding hydrogens is 341 g/mol. The number of hydrogen-bond acceptors (Lipinski definition) is 6. The molecule has 0 radical (unpaired) electrons. The zero-order chi connectivity index (χ0) is 17.5. The molecule has 0 aromatic heterocycles. The van der Waals surface area contributed by atoms with E-state index < -0.39 is 19.7 Å². The molecule has 0 bridgehead atoms. The van der Waals surface area contributed by atoms with E-state index in [1.807, 2.05) is 44.2 Å². The molecule has 0 saturated carbocycles. The first-order valence-electron chi connectivity index (χ1n) is 8.32. The summed E-state index contributed by atoms with van der Waals surface area (Å²) in [6.45, 7) is 3.99. The van der Waals surface area contributed by atoms with Crippen LogP contribution in [0.5, 0.6) is 17.2 Å². The summed E-state index contributed by atoms with van der Waals surface area (Å²) in [6, 6.07) is 15.7. The fourth-order valence-corrected chi connectivity index (χ4v) is 6.05. The van der Waals surface area contributed by atoms with Gasteiger partial charge in [0, 0.05) is 0 Å². The second-order valence-corrected chi connectivity index (χ2v) is 8.86. The molecule has 1 spiro atoms. The molecule has 25 heavy (non-hydrogen) atoms. The number of rotatable bonds is 4. The summed E-state index contributed by atoms with van der Waals surface area (Å²) in [6.07, 6.45) is 0.803. The van der Waals surface area contributed by atoms with Crippen molar-refractivity contribution < 1.29 is 22.9 Å². The third-order valence-electron chi connectivity index (χ3n) is 4.43. The van der Waals surface area contributed by atoms with Crippen LogP contribution in [0.3, 0.4) is 0 Å². The molecule has 4 rings (SSSR count). The third kappa shape index (κ3) is 2.62.